The van der Waals surface area contributed by atoms with E-state index in [9.17, 15) is 5.11 Å². The predicted molar refractivity (Wildman–Crippen MR) is 256 cm³/mol. The van der Waals surface area contributed by atoms with Crippen molar-refractivity contribution in [3.8, 4) is 45.2 Å². The fourth-order valence-corrected chi connectivity index (χ4v) is 8.93. The van der Waals surface area contributed by atoms with Crippen LogP contribution in [0.25, 0.3) is 83.2 Å². The maximum Gasteiger partial charge on any atom is 0.148 e. The first kappa shape index (κ1) is 42.0. The second-order valence-corrected chi connectivity index (χ2v) is 19.2. The molecule has 6 heteroatoms. The summed E-state index contributed by atoms with van der Waals surface area (Å²) in [5.74, 6) is 0.929. The SMILES string of the molecule is CC(C)(C)c1cc(-c2nc3c(-c4[c-]c(-c5cc6oc7c8ccccc8ccc7c6cn5)cc(C(C)(C)c5ccccc5)c4)cccc3n2-c2ccccc2)c(O)c(C(C)(C)C)c1.[Pt]. The molecule has 316 valence electrons. The van der Waals surface area contributed by atoms with Crippen LogP contribution in [0, 0.1) is 6.07 Å². The van der Waals surface area contributed by atoms with E-state index in [1.54, 1.807) is 0 Å². The number of hydrogen-bond donors (Lipinski definition) is 1. The minimum atomic E-state index is -0.368. The summed E-state index contributed by atoms with van der Waals surface area (Å²) < 4.78 is 8.84. The van der Waals surface area contributed by atoms with Crippen molar-refractivity contribution in [1.82, 2.24) is 14.5 Å². The first-order chi connectivity index (χ1) is 29.7. The average molecular weight is 1000 g/mol. The molecule has 10 aromatic rings. The van der Waals surface area contributed by atoms with Crippen LogP contribution < -0.4 is 0 Å². The summed E-state index contributed by atoms with van der Waals surface area (Å²) >= 11 is 0. The van der Waals surface area contributed by atoms with E-state index in [1.165, 1.54) is 5.56 Å². The van der Waals surface area contributed by atoms with Crippen LogP contribution >= 0.6 is 0 Å². The molecule has 0 aliphatic carbocycles. The quantitative estimate of drug-likeness (QED) is 0.169. The van der Waals surface area contributed by atoms with Gasteiger partial charge in [-0.05, 0) is 63.7 Å². The maximum atomic E-state index is 12.2. The summed E-state index contributed by atoms with van der Waals surface area (Å²) in [4.78, 5) is 10.6. The fourth-order valence-electron chi connectivity index (χ4n) is 8.93. The van der Waals surface area contributed by atoms with E-state index >= 15 is 0 Å². The number of imidazole rings is 1. The molecule has 3 aromatic heterocycles. The second kappa shape index (κ2) is 15.5. The molecule has 0 aliphatic heterocycles. The Balaban J connectivity index is 0.00000504. The molecule has 0 spiro atoms. The number of aromatic hydroxyl groups is 1. The Morgan fingerprint density at radius 1 is 0.587 bits per heavy atom. The van der Waals surface area contributed by atoms with Gasteiger partial charge in [0.05, 0.1) is 16.6 Å². The normalized spacial score (nSPS) is 12.4. The number of furan rings is 1. The van der Waals surface area contributed by atoms with Crippen molar-refractivity contribution in [3.63, 3.8) is 0 Å². The van der Waals surface area contributed by atoms with Crippen molar-refractivity contribution >= 4 is 43.7 Å². The second-order valence-electron chi connectivity index (χ2n) is 19.2. The van der Waals surface area contributed by atoms with Crippen LogP contribution in [0.3, 0.4) is 0 Å². The van der Waals surface area contributed by atoms with Crippen LogP contribution in [-0.2, 0) is 37.3 Å². The number of benzene rings is 7. The Bertz CT molecular complexity index is 3350. The molecule has 1 N–H and O–H groups in total. The molecule has 0 fully saturated rings. The molecular formula is C57H50N3O2Pt-. The van der Waals surface area contributed by atoms with Gasteiger partial charge in [0.1, 0.15) is 22.7 Å². The zero-order chi connectivity index (χ0) is 43.1. The molecule has 0 aliphatic rings. The number of hydrogen-bond acceptors (Lipinski definition) is 4. The molecule has 0 amide bonds. The van der Waals surface area contributed by atoms with Gasteiger partial charge >= 0.3 is 0 Å². The predicted octanol–water partition coefficient (Wildman–Crippen LogP) is 14.9. The third-order valence-electron chi connectivity index (χ3n) is 12.6. The molecule has 5 nitrogen and oxygen atoms in total. The number of pyridine rings is 1. The first-order valence-electron chi connectivity index (χ1n) is 21.5. The molecule has 0 saturated carbocycles. The molecule has 0 atom stereocenters. The zero-order valence-electron chi connectivity index (χ0n) is 36.9. The number of phenols is 1. The molecule has 10 rings (SSSR count). The third kappa shape index (κ3) is 7.27. The minimum absolute atomic E-state index is 0. The van der Waals surface area contributed by atoms with Crippen molar-refractivity contribution in [3.05, 3.63) is 180 Å². The largest absolute Gasteiger partial charge is 0.507 e. The Morgan fingerprint density at radius 2 is 1.29 bits per heavy atom. The van der Waals surface area contributed by atoms with E-state index in [1.807, 2.05) is 24.4 Å². The van der Waals surface area contributed by atoms with Crippen molar-refractivity contribution in [2.24, 2.45) is 0 Å². The zero-order valence-corrected chi connectivity index (χ0v) is 39.2. The van der Waals surface area contributed by atoms with Crippen LogP contribution in [0.1, 0.15) is 77.6 Å². The fraction of sp³-hybridized carbons (Fsp3) is 0.193. The van der Waals surface area contributed by atoms with Gasteiger partial charge < -0.3 is 9.52 Å². The molecule has 7 aromatic carbocycles. The molecule has 63 heavy (non-hydrogen) atoms. The maximum absolute atomic E-state index is 12.2. The van der Waals surface area contributed by atoms with Gasteiger partial charge in [-0.2, -0.15) is 0 Å². The molecule has 0 saturated heterocycles. The van der Waals surface area contributed by atoms with E-state index in [0.29, 0.717) is 11.4 Å². The van der Waals surface area contributed by atoms with Crippen molar-refractivity contribution < 1.29 is 30.6 Å². The molecule has 3 heterocycles. The minimum Gasteiger partial charge on any atom is -0.507 e. The smallest absolute Gasteiger partial charge is 0.148 e. The number of rotatable bonds is 6. The van der Waals surface area contributed by atoms with E-state index in [4.69, 9.17) is 14.4 Å². The molecule has 0 unspecified atom stereocenters. The molecule has 0 radical (unpaired) electrons. The Labute approximate surface area is 383 Å². The summed E-state index contributed by atoms with van der Waals surface area (Å²) in [6.07, 6.45) is 1.94. The number of fused-ring (bicyclic) bond motifs is 6. The van der Waals surface area contributed by atoms with Gasteiger partial charge in [0.25, 0.3) is 0 Å². The first-order valence-corrected chi connectivity index (χ1v) is 21.5. The standard InChI is InChI=1S/C57H50N3O2.Pt/c1-55(2,3)39-31-45(52(61)47(32-39)56(4,5)6)54-59-51-42(24-17-25-49(51)60(54)41-21-13-10-14-22-41)36-28-37(30-40(29-36)57(7,8)38-19-11-9-12-20-38)48-33-50-46(34-58-48)44-27-26-35-18-15-16-23-43(35)53(44)62-50;/h9-27,29-34,61H,1-8H3;/q-1;. The summed E-state index contributed by atoms with van der Waals surface area (Å²) in [5, 5.41) is 16.5. The van der Waals surface area contributed by atoms with Gasteiger partial charge in [0.2, 0.25) is 0 Å². The average Bonchev–Trinajstić information content (AvgIpc) is 3.85. The van der Waals surface area contributed by atoms with Crippen molar-refractivity contribution in [1.29, 1.82) is 0 Å². The van der Waals surface area contributed by atoms with Crippen LogP contribution in [0.15, 0.2) is 156 Å². The Kier molecular flexibility index (Phi) is 10.3. The summed E-state index contributed by atoms with van der Waals surface area (Å²) in [6, 6.07) is 54.6. The number of nitrogens with zero attached hydrogens (tertiary/aromatic N) is 3. The van der Waals surface area contributed by atoms with Gasteiger partial charge in [-0.25, -0.2) is 4.98 Å². The van der Waals surface area contributed by atoms with Crippen LogP contribution in [0.5, 0.6) is 5.75 Å². The van der Waals surface area contributed by atoms with Gasteiger partial charge in [-0.3, -0.25) is 9.55 Å². The molecule has 0 bridgehead atoms. The summed E-state index contributed by atoms with van der Waals surface area (Å²) in [5.41, 5.74) is 12.0. The Morgan fingerprint density at radius 3 is 2.02 bits per heavy atom. The van der Waals surface area contributed by atoms with Crippen LogP contribution in [-0.4, -0.2) is 19.6 Å². The number of para-hydroxylation sites is 2. The number of phenolic OH excluding ortho intramolecular Hbond substituents is 1. The third-order valence-corrected chi connectivity index (χ3v) is 12.6. The van der Waals surface area contributed by atoms with Gasteiger partial charge in [0, 0.05) is 65.8 Å². The van der Waals surface area contributed by atoms with Gasteiger partial charge in [-0.15, -0.1) is 29.3 Å². The van der Waals surface area contributed by atoms with Crippen molar-refractivity contribution in [2.75, 3.05) is 0 Å². The van der Waals surface area contributed by atoms with E-state index < -0.39 is 0 Å². The van der Waals surface area contributed by atoms with Crippen molar-refractivity contribution in [2.45, 2.75) is 71.6 Å². The Hall–Kier alpha value is -6.29. The summed E-state index contributed by atoms with van der Waals surface area (Å²) in [7, 11) is 0. The van der Waals surface area contributed by atoms with E-state index in [2.05, 4.69) is 193 Å². The summed E-state index contributed by atoms with van der Waals surface area (Å²) in [6.45, 7) is 17.6. The van der Waals surface area contributed by atoms with Gasteiger partial charge in [0.15, 0.2) is 0 Å². The molecular weight excluding hydrogens is 954 g/mol. The topological polar surface area (TPSA) is 64.1 Å². The van der Waals surface area contributed by atoms with Crippen LogP contribution in [0.2, 0.25) is 0 Å². The van der Waals surface area contributed by atoms with E-state index in [-0.39, 0.29) is 43.1 Å². The monoisotopic (exact) mass is 1000 g/mol. The van der Waals surface area contributed by atoms with E-state index in [0.717, 1.165) is 88.5 Å². The van der Waals surface area contributed by atoms with Crippen LogP contribution in [0.4, 0.5) is 0 Å². The number of aromatic nitrogens is 3. The van der Waals surface area contributed by atoms with Gasteiger partial charge in [-0.1, -0.05) is 164 Å².